The lowest BCUT2D eigenvalue weighted by molar-refractivity contribution is 0.883. The molecule has 1 heterocycles. The van der Waals surface area contributed by atoms with Crippen LogP contribution >= 0.6 is 0 Å². The number of hydrogen-bond donors (Lipinski definition) is 2. The highest BCUT2D eigenvalue weighted by molar-refractivity contribution is 5.49. The van der Waals surface area contributed by atoms with Crippen molar-refractivity contribution in [3.8, 4) is 0 Å². The molecule has 3 N–H and O–H groups in total. The second-order valence-corrected chi connectivity index (χ2v) is 3.56. The summed E-state index contributed by atoms with van der Waals surface area (Å²) in [5, 5.41) is 3.41. The summed E-state index contributed by atoms with van der Waals surface area (Å²) >= 11 is 0. The van der Waals surface area contributed by atoms with Crippen LogP contribution in [0.2, 0.25) is 0 Å². The summed E-state index contributed by atoms with van der Waals surface area (Å²) in [6.07, 6.45) is 6.37. The predicted octanol–water partition coefficient (Wildman–Crippen LogP) is 1.36. The Hall–Kier alpha value is -1.09. The van der Waals surface area contributed by atoms with Gasteiger partial charge in [-0.1, -0.05) is 0 Å². The van der Waals surface area contributed by atoms with Gasteiger partial charge in [-0.2, -0.15) is 0 Å². The Morgan fingerprint density at radius 3 is 3.08 bits per heavy atom. The molecule has 3 heteroatoms. The fraction of sp³-hybridized carbons (Fsp3) is 0.500. The van der Waals surface area contributed by atoms with Gasteiger partial charge in [0.25, 0.3) is 0 Å². The van der Waals surface area contributed by atoms with E-state index in [1.807, 2.05) is 12.3 Å². The molecule has 0 amide bonds. The highest BCUT2D eigenvalue weighted by Gasteiger charge is 2.20. The Kier molecular flexibility index (Phi) is 2.45. The highest BCUT2D eigenvalue weighted by Crippen LogP contribution is 2.29. The van der Waals surface area contributed by atoms with E-state index in [9.17, 15) is 0 Å². The maximum Gasteiger partial charge on any atom is 0.0416 e. The van der Waals surface area contributed by atoms with Gasteiger partial charge in [-0.3, -0.25) is 4.98 Å². The molecule has 1 aromatic heterocycles. The van der Waals surface area contributed by atoms with Crippen molar-refractivity contribution in [3.05, 3.63) is 24.0 Å². The molecule has 2 rings (SSSR count). The molecule has 0 unspecified atom stereocenters. The molecule has 0 atom stereocenters. The van der Waals surface area contributed by atoms with Crippen LogP contribution in [0.4, 0.5) is 5.69 Å². The zero-order valence-electron chi connectivity index (χ0n) is 7.66. The summed E-state index contributed by atoms with van der Waals surface area (Å²) in [6, 6.07) is 1.99. The maximum absolute atomic E-state index is 5.59. The summed E-state index contributed by atoms with van der Waals surface area (Å²) in [4.78, 5) is 4.04. The second kappa shape index (κ2) is 3.75. The molecule has 0 saturated heterocycles. The van der Waals surface area contributed by atoms with Crippen molar-refractivity contribution in [2.45, 2.75) is 19.4 Å². The van der Waals surface area contributed by atoms with Gasteiger partial charge in [0.05, 0.1) is 0 Å². The predicted molar refractivity (Wildman–Crippen MR) is 53.3 cm³/mol. The van der Waals surface area contributed by atoms with Crippen LogP contribution in [0.3, 0.4) is 0 Å². The van der Waals surface area contributed by atoms with Gasteiger partial charge in [-0.15, -0.1) is 0 Å². The number of nitrogens with two attached hydrogens (primary N) is 1. The lowest BCUT2D eigenvalue weighted by Crippen LogP contribution is -2.08. The molecule has 1 aliphatic carbocycles. The maximum atomic E-state index is 5.59. The Morgan fingerprint density at radius 2 is 2.38 bits per heavy atom. The van der Waals surface area contributed by atoms with Crippen LogP contribution in [-0.2, 0) is 6.54 Å². The van der Waals surface area contributed by atoms with E-state index in [4.69, 9.17) is 5.73 Å². The largest absolute Gasteiger partial charge is 0.384 e. The molecule has 70 valence electrons. The summed E-state index contributed by atoms with van der Waals surface area (Å²) < 4.78 is 0. The van der Waals surface area contributed by atoms with Crippen molar-refractivity contribution in [1.82, 2.24) is 4.98 Å². The molecule has 1 aromatic rings. The van der Waals surface area contributed by atoms with Gasteiger partial charge < -0.3 is 11.1 Å². The van der Waals surface area contributed by atoms with E-state index in [0.29, 0.717) is 6.54 Å². The molecule has 3 nitrogen and oxygen atoms in total. The van der Waals surface area contributed by atoms with Gasteiger partial charge in [0.2, 0.25) is 0 Å². The summed E-state index contributed by atoms with van der Waals surface area (Å²) in [7, 11) is 0. The number of nitrogens with one attached hydrogen (secondary N) is 1. The molecule has 0 bridgehead atoms. The summed E-state index contributed by atoms with van der Waals surface area (Å²) in [6.45, 7) is 1.64. The lowest BCUT2D eigenvalue weighted by atomic mass is 10.2. The molecule has 0 spiro atoms. The average Bonchev–Trinajstić information content (AvgIpc) is 2.99. The van der Waals surface area contributed by atoms with Crippen LogP contribution in [0.25, 0.3) is 0 Å². The van der Waals surface area contributed by atoms with Crippen LogP contribution in [0.1, 0.15) is 18.4 Å². The SMILES string of the molecule is NCc1cnccc1NCC1CC1. The minimum atomic E-state index is 0.556. The minimum absolute atomic E-state index is 0.556. The minimum Gasteiger partial charge on any atom is -0.384 e. The fourth-order valence-electron chi connectivity index (χ4n) is 1.34. The van der Waals surface area contributed by atoms with Crippen molar-refractivity contribution >= 4 is 5.69 Å². The molecule has 1 saturated carbocycles. The first-order chi connectivity index (χ1) is 6.40. The quantitative estimate of drug-likeness (QED) is 0.730. The first kappa shape index (κ1) is 8.51. The average molecular weight is 177 g/mol. The summed E-state index contributed by atoms with van der Waals surface area (Å²) in [5.74, 6) is 0.888. The molecule has 0 radical (unpaired) electrons. The number of anilines is 1. The number of rotatable bonds is 4. The van der Waals surface area contributed by atoms with E-state index >= 15 is 0 Å². The first-order valence-electron chi connectivity index (χ1n) is 4.77. The first-order valence-corrected chi connectivity index (χ1v) is 4.77. The molecule has 13 heavy (non-hydrogen) atoms. The number of hydrogen-bond acceptors (Lipinski definition) is 3. The van der Waals surface area contributed by atoms with E-state index in [2.05, 4.69) is 10.3 Å². The smallest absolute Gasteiger partial charge is 0.0416 e. The van der Waals surface area contributed by atoms with Crippen LogP contribution in [0.5, 0.6) is 0 Å². The molecular formula is C10H15N3. The van der Waals surface area contributed by atoms with Gasteiger partial charge in [-0.25, -0.2) is 0 Å². The van der Waals surface area contributed by atoms with Crippen molar-refractivity contribution < 1.29 is 0 Å². The molecular weight excluding hydrogens is 162 g/mol. The second-order valence-electron chi connectivity index (χ2n) is 3.56. The van der Waals surface area contributed by atoms with Crippen molar-refractivity contribution in [3.63, 3.8) is 0 Å². The van der Waals surface area contributed by atoms with Gasteiger partial charge >= 0.3 is 0 Å². The number of pyridine rings is 1. The van der Waals surface area contributed by atoms with E-state index < -0.39 is 0 Å². The normalized spacial score (nSPS) is 15.8. The van der Waals surface area contributed by atoms with Crippen LogP contribution in [0, 0.1) is 5.92 Å². The van der Waals surface area contributed by atoms with E-state index in [1.165, 1.54) is 12.8 Å². The van der Waals surface area contributed by atoms with Crippen molar-refractivity contribution in [1.29, 1.82) is 0 Å². The van der Waals surface area contributed by atoms with Crippen LogP contribution in [0.15, 0.2) is 18.5 Å². The summed E-state index contributed by atoms with van der Waals surface area (Å²) in [5.41, 5.74) is 7.84. The third kappa shape index (κ3) is 2.18. The van der Waals surface area contributed by atoms with Crippen LogP contribution < -0.4 is 11.1 Å². The Morgan fingerprint density at radius 1 is 1.54 bits per heavy atom. The molecule has 1 fully saturated rings. The van der Waals surface area contributed by atoms with Gasteiger partial charge in [-0.05, 0) is 24.8 Å². The zero-order valence-corrected chi connectivity index (χ0v) is 7.66. The standard InChI is InChI=1S/C10H15N3/c11-5-9-7-12-4-3-10(9)13-6-8-1-2-8/h3-4,7-8H,1-2,5-6,11H2,(H,12,13). The lowest BCUT2D eigenvalue weighted by Gasteiger charge is -2.08. The Balaban J connectivity index is 1.99. The van der Waals surface area contributed by atoms with Gasteiger partial charge in [0.15, 0.2) is 0 Å². The third-order valence-electron chi connectivity index (χ3n) is 2.40. The van der Waals surface area contributed by atoms with Gasteiger partial charge in [0, 0.05) is 36.7 Å². The van der Waals surface area contributed by atoms with Crippen molar-refractivity contribution in [2.75, 3.05) is 11.9 Å². The van der Waals surface area contributed by atoms with E-state index in [0.717, 1.165) is 23.7 Å². The number of nitrogens with zero attached hydrogens (tertiary/aromatic N) is 1. The Bertz CT molecular complexity index is 281. The highest BCUT2D eigenvalue weighted by atomic mass is 14.9. The molecule has 0 aliphatic heterocycles. The van der Waals surface area contributed by atoms with E-state index in [1.54, 1.807) is 6.20 Å². The monoisotopic (exact) mass is 177 g/mol. The number of aromatic nitrogens is 1. The zero-order chi connectivity index (χ0) is 9.10. The Labute approximate surface area is 78.4 Å². The van der Waals surface area contributed by atoms with Crippen LogP contribution in [-0.4, -0.2) is 11.5 Å². The topological polar surface area (TPSA) is 50.9 Å². The van der Waals surface area contributed by atoms with Gasteiger partial charge in [0.1, 0.15) is 0 Å². The van der Waals surface area contributed by atoms with Crippen molar-refractivity contribution in [2.24, 2.45) is 11.7 Å². The molecule has 1 aliphatic rings. The third-order valence-corrected chi connectivity index (χ3v) is 2.40. The molecule has 0 aromatic carbocycles. The fourth-order valence-corrected chi connectivity index (χ4v) is 1.34. The van der Waals surface area contributed by atoms with E-state index in [-0.39, 0.29) is 0 Å².